The summed E-state index contributed by atoms with van der Waals surface area (Å²) in [6.07, 6.45) is 0. The van der Waals surface area contributed by atoms with Gasteiger partial charge in [0, 0.05) is 13.1 Å². The maximum atomic E-state index is 12.3. The number of amides is 1. The van der Waals surface area contributed by atoms with Gasteiger partial charge in [-0.3, -0.25) is 4.79 Å². The number of phenols is 2. The summed E-state index contributed by atoms with van der Waals surface area (Å²) >= 11 is 0. The molecular formula is C12H16N2O4. The molecule has 0 spiro atoms. The van der Waals surface area contributed by atoms with Crippen LogP contribution in [0.15, 0.2) is 18.2 Å². The van der Waals surface area contributed by atoms with Gasteiger partial charge in [-0.2, -0.15) is 0 Å². The zero-order valence-electron chi connectivity index (χ0n) is 9.87. The molecule has 1 fully saturated rings. The number of hydrogen-bond donors (Lipinski definition) is 3. The highest BCUT2D eigenvalue weighted by molar-refractivity contribution is 5.97. The minimum absolute atomic E-state index is 0.0790. The van der Waals surface area contributed by atoms with Gasteiger partial charge in [0.1, 0.15) is 0 Å². The summed E-state index contributed by atoms with van der Waals surface area (Å²) in [5.41, 5.74) is 5.67. The monoisotopic (exact) mass is 252 g/mol. The molecule has 0 aliphatic carbocycles. The third kappa shape index (κ3) is 2.25. The highest BCUT2D eigenvalue weighted by Gasteiger charge is 2.28. The number of aromatic hydroxyl groups is 2. The van der Waals surface area contributed by atoms with Gasteiger partial charge in [0.05, 0.1) is 24.8 Å². The van der Waals surface area contributed by atoms with Crippen molar-refractivity contribution in [1.82, 2.24) is 4.90 Å². The number of morpholine rings is 1. The van der Waals surface area contributed by atoms with E-state index in [0.29, 0.717) is 26.3 Å². The van der Waals surface area contributed by atoms with Crippen LogP contribution in [0.3, 0.4) is 0 Å². The second-order valence-electron chi connectivity index (χ2n) is 4.14. The first-order valence-corrected chi connectivity index (χ1v) is 5.75. The van der Waals surface area contributed by atoms with Crippen LogP contribution in [0.1, 0.15) is 10.4 Å². The Kier molecular flexibility index (Phi) is 3.69. The minimum atomic E-state index is -0.398. The summed E-state index contributed by atoms with van der Waals surface area (Å²) in [4.78, 5) is 13.9. The Morgan fingerprint density at radius 3 is 3.00 bits per heavy atom. The lowest BCUT2D eigenvalue weighted by Crippen LogP contribution is -2.52. The van der Waals surface area contributed by atoms with E-state index < -0.39 is 5.75 Å². The maximum absolute atomic E-state index is 12.3. The number of nitrogens with zero attached hydrogens (tertiary/aromatic N) is 1. The molecular weight excluding hydrogens is 236 g/mol. The second kappa shape index (κ2) is 5.24. The zero-order chi connectivity index (χ0) is 13.1. The van der Waals surface area contributed by atoms with E-state index in [9.17, 15) is 15.0 Å². The third-order valence-electron chi connectivity index (χ3n) is 3.01. The molecule has 4 N–H and O–H groups in total. The smallest absolute Gasteiger partial charge is 0.258 e. The van der Waals surface area contributed by atoms with Crippen molar-refractivity contribution in [2.45, 2.75) is 6.04 Å². The second-order valence-corrected chi connectivity index (χ2v) is 4.14. The van der Waals surface area contributed by atoms with Crippen LogP contribution in [0.4, 0.5) is 0 Å². The Labute approximate surface area is 105 Å². The number of phenolic OH excluding ortho intramolecular Hbond substituents is 2. The molecule has 0 aromatic heterocycles. The fourth-order valence-electron chi connectivity index (χ4n) is 1.98. The van der Waals surface area contributed by atoms with E-state index >= 15 is 0 Å². The predicted molar refractivity (Wildman–Crippen MR) is 64.5 cm³/mol. The van der Waals surface area contributed by atoms with E-state index in [4.69, 9.17) is 10.5 Å². The number of rotatable bonds is 2. The molecule has 1 heterocycles. The predicted octanol–water partition coefficient (Wildman–Crippen LogP) is -0.102. The molecule has 1 amide bonds. The van der Waals surface area contributed by atoms with Crippen LogP contribution in [0.5, 0.6) is 11.5 Å². The molecule has 98 valence electrons. The van der Waals surface area contributed by atoms with Crippen LogP contribution < -0.4 is 5.73 Å². The first kappa shape index (κ1) is 12.7. The van der Waals surface area contributed by atoms with Crippen LogP contribution in [-0.4, -0.2) is 53.4 Å². The van der Waals surface area contributed by atoms with Gasteiger partial charge in [-0.1, -0.05) is 6.07 Å². The van der Waals surface area contributed by atoms with Crippen molar-refractivity contribution in [1.29, 1.82) is 0 Å². The van der Waals surface area contributed by atoms with Crippen LogP contribution in [-0.2, 0) is 4.74 Å². The quantitative estimate of drug-likeness (QED) is 0.639. The number of carbonyl (C=O) groups excluding carboxylic acids is 1. The highest BCUT2D eigenvalue weighted by Crippen LogP contribution is 2.29. The molecule has 2 rings (SSSR count). The van der Waals surface area contributed by atoms with Crippen LogP contribution in [0, 0.1) is 0 Å². The number of nitrogens with two attached hydrogens (primary N) is 1. The Morgan fingerprint density at radius 2 is 2.28 bits per heavy atom. The van der Waals surface area contributed by atoms with Gasteiger partial charge >= 0.3 is 0 Å². The Morgan fingerprint density at radius 1 is 1.50 bits per heavy atom. The van der Waals surface area contributed by atoms with Gasteiger partial charge in [-0.05, 0) is 12.1 Å². The molecule has 1 aliphatic rings. The van der Waals surface area contributed by atoms with Gasteiger partial charge in [-0.25, -0.2) is 0 Å². The molecule has 18 heavy (non-hydrogen) atoms. The van der Waals surface area contributed by atoms with E-state index in [1.165, 1.54) is 18.2 Å². The summed E-state index contributed by atoms with van der Waals surface area (Å²) < 4.78 is 5.26. The molecule has 6 heteroatoms. The topological polar surface area (TPSA) is 96.0 Å². The molecule has 1 aromatic carbocycles. The summed E-state index contributed by atoms with van der Waals surface area (Å²) in [6.45, 7) is 1.56. The van der Waals surface area contributed by atoms with E-state index in [1.54, 1.807) is 4.90 Å². The average molecular weight is 252 g/mol. The number of para-hydroxylation sites is 1. The van der Waals surface area contributed by atoms with Crippen molar-refractivity contribution < 1.29 is 19.7 Å². The van der Waals surface area contributed by atoms with E-state index in [1.807, 2.05) is 0 Å². The number of ether oxygens (including phenoxy) is 1. The lowest BCUT2D eigenvalue weighted by Gasteiger charge is -2.35. The Bertz CT molecular complexity index is 450. The first-order valence-electron chi connectivity index (χ1n) is 5.75. The normalized spacial score (nSPS) is 19.8. The molecule has 0 bridgehead atoms. The van der Waals surface area contributed by atoms with Gasteiger partial charge in [-0.15, -0.1) is 0 Å². The van der Waals surface area contributed by atoms with E-state index in [-0.39, 0.29) is 23.3 Å². The van der Waals surface area contributed by atoms with Crippen molar-refractivity contribution in [3.63, 3.8) is 0 Å². The lowest BCUT2D eigenvalue weighted by atomic mass is 10.1. The lowest BCUT2D eigenvalue weighted by molar-refractivity contribution is 0.000673. The largest absolute Gasteiger partial charge is 0.504 e. The molecule has 1 aromatic rings. The number of benzene rings is 1. The molecule has 1 atom stereocenters. The van der Waals surface area contributed by atoms with Crippen LogP contribution >= 0.6 is 0 Å². The van der Waals surface area contributed by atoms with Gasteiger partial charge < -0.3 is 25.6 Å². The van der Waals surface area contributed by atoms with Crippen LogP contribution in [0.2, 0.25) is 0 Å². The fraction of sp³-hybridized carbons (Fsp3) is 0.417. The highest BCUT2D eigenvalue weighted by atomic mass is 16.5. The number of carbonyl (C=O) groups is 1. The van der Waals surface area contributed by atoms with Gasteiger partial charge in [0.2, 0.25) is 0 Å². The van der Waals surface area contributed by atoms with Gasteiger partial charge in [0.15, 0.2) is 11.5 Å². The first-order chi connectivity index (χ1) is 8.65. The van der Waals surface area contributed by atoms with Crippen molar-refractivity contribution in [2.75, 3.05) is 26.3 Å². The average Bonchev–Trinajstić information content (AvgIpc) is 2.41. The molecule has 1 aliphatic heterocycles. The standard InChI is InChI=1S/C12H16N2O4/c13-6-8-7-18-5-4-14(8)12(17)9-2-1-3-10(15)11(9)16/h1-3,8,15-16H,4-7,13H2. The zero-order valence-corrected chi connectivity index (χ0v) is 9.87. The summed E-state index contributed by atoms with van der Waals surface area (Å²) in [7, 11) is 0. The maximum Gasteiger partial charge on any atom is 0.258 e. The van der Waals surface area contributed by atoms with Crippen molar-refractivity contribution in [2.24, 2.45) is 5.73 Å². The summed E-state index contributed by atoms with van der Waals surface area (Å²) in [6, 6.07) is 4.11. The van der Waals surface area contributed by atoms with Crippen molar-refractivity contribution in [3.8, 4) is 11.5 Å². The third-order valence-corrected chi connectivity index (χ3v) is 3.01. The van der Waals surface area contributed by atoms with E-state index in [2.05, 4.69) is 0 Å². The SMILES string of the molecule is NCC1COCCN1C(=O)c1cccc(O)c1O. The minimum Gasteiger partial charge on any atom is -0.504 e. The fourth-order valence-corrected chi connectivity index (χ4v) is 1.98. The molecule has 1 saturated heterocycles. The summed E-state index contributed by atoms with van der Waals surface area (Å²) in [5.74, 6) is -1.05. The van der Waals surface area contributed by atoms with Gasteiger partial charge in [0.25, 0.3) is 5.91 Å². The Hall–Kier alpha value is -1.79. The molecule has 0 radical (unpaired) electrons. The summed E-state index contributed by atoms with van der Waals surface area (Å²) in [5, 5.41) is 19.1. The van der Waals surface area contributed by atoms with Crippen molar-refractivity contribution >= 4 is 5.91 Å². The van der Waals surface area contributed by atoms with Crippen LogP contribution in [0.25, 0.3) is 0 Å². The Balaban J connectivity index is 2.27. The van der Waals surface area contributed by atoms with Crippen molar-refractivity contribution in [3.05, 3.63) is 23.8 Å². The van der Waals surface area contributed by atoms with E-state index in [0.717, 1.165) is 0 Å². The number of hydrogen-bond acceptors (Lipinski definition) is 5. The molecule has 6 nitrogen and oxygen atoms in total. The molecule has 0 saturated carbocycles. The molecule has 1 unspecified atom stereocenters.